The molecule has 0 atom stereocenters. The maximum atomic E-state index is 3.67. The van der Waals surface area contributed by atoms with Crippen LogP contribution >= 0.6 is 0 Å². The molecule has 0 bridgehead atoms. The molecule has 0 aliphatic heterocycles. The molecule has 0 spiro atoms. The van der Waals surface area contributed by atoms with Crippen molar-refractivity contribution in [2.45, 2.75) is 90.9 Å². The summed E-state index contributed by atoms with van der Waals surface area (Å²) in [5, 5.41) is 0. The first-order valence-corrected chi connectivity index (χ1v) is 13.3. The van der Waals surface area contributed by atoms with Crippen molar-refractivity contribution >= 4 is 3.21 Å². The van der Waals surface area contributed by atoms with Crippen LogP contribution in [-0.4, -0.2) is 3.21 Å². The Hall–Kier alpha value is -0.747. The second kappa shape index (κ2) is 13.5. The zero-order valence-corrected chi connectivity index (χ0v) is 25.6. The summed E-state index contributed by atoms with van der Waals surface area (Å²) in [7, 11) is 0. The third kappa shape index (κ3) is 8.73. The predicted molar refractivity (Wildman–Crippen MR) is 136 cm³/mol. The second-order valence-electron chi connectivity index (χ2n) is 11.1. The van der Waals surface area contributed by atoms with E-state index in [2.05, 4.69) is 90.1 Å². The van der Waals surface area contributed by atoms with Gasteiger partial charge in [-0.15, -0.1) is 17.5 Å². The van der Waals surface area contributed by atoms with Crippen LogP contribution in [0.5, 0.6) is 0 Å². The first-order valence-electron chi connectivity index (χ1n) is 12.0. The fraction of sp³-hybridized carbons (Fsp3) is 0.452. The number of hydrogen-bond acceptors (Lipinski definition) is 0. The van der Waals surface area contributed by atoms with E-state index >= 15 is 0 Å². The third-order valence-corrected chi connectivity index (χ3v) is 7.49. The van der Waals surface area contributed by atoms with Crippen molar-refractivity contribution < 1.29 is 49.0 Å². The molecule has 2 aromatic rings. The van der Waals surface area contributed by atoms with Crippen molar-refractivity contribution in [3.8, 4) is 11.1 Å². The molecule has 2 aromatic carbocycles. The van der Waals surface area contributed by atoms with Crippen LogP contribution in [0.25, 0.3) is 11.1 Å². The van der Waals surface area contributed by atoms with Gasteiger partial charge in [-0.2, -0.15) is 29.8 Å². The van der Waals surface area contributed by atoms with Crippen molar-refractivity contribution in [2.24, 2.45) is 0 Å². The van der Waals surface area contributed by atoms with Crippen molar-refractivity contribution in [1.82, 2.24) is 0 Å². The summed E-state index contributed by atoms with van der Waals surface area (Å²) >= 11 is 1.68. The second-order valence-corrected chi connectivity index (χ2v) is 12.9. The zero-order valence-electron chi connectivity index (χ0n) is 21.6. The summed E-state index contributed by atoms with van der Waals surface area (Å²) in [5.74, 6) is 0. The fourth-order valence-electron chi connectivity index (χ4n) is 4.17. The number of halogens is 2. The predicted octanol–water partition coefficient (Wildman–Crippen LogP) is 2.25. The van der Waals surface area contributed by atoms with Gasteiger partial charge < -0.3 is 24.8 Å². The van der Waals surface area contributed by atoms with Crippen molar-refractivity contribution in [1.29, 1.82) is 0 Å². The molecule has 1 saturated carbocycles. The van der Waals surface area contributed by atoms with Crippen molar-refractivity contribution in [3.63, 3.8) is 0 Å². The van der Waals surface area contributed by atoms with Gasteiger partial charge in [0.25, 0.3) is 0 Å². The van der Waals surface area contributed by atoms with Gasteiger partial charge in [0.2, 0.25) is 0 Å². The van der Waals surface area contributed by atoms with Crippen molar-refractivity contribution in [3.05, 3.63) is 83.0 Å². The molecule has 1 fully saturated rings. The molecule has 0 N–H and O–H groups in total. The van der Waals surface area contributed by atoms with E-state index in [-0.39, 0.29) is 35.6 Å². The molecule has 3 aliphatic rings. The Morgan fingerprint density at radius 2 is 1.47 bits per heavy atom. The van der Waals surface area contributed by atoms with Crippen LogP contribution in [0.4, 0.5) is 0 Å². The molecule has 0 saturated heterocycles. The molecular weight excluding hydrogens is 534 g/mol. The molecule has 3 aliphatic carbocycles. The summed E-state index contributed by atoms with van der Waals surface area (Å²) in [6.07, 6.45) is 16.9. The standard InChI is InChI=1S/C21H25.C5H8.C5H5.2ClH.Zr/c1-20(2,3)16-7-9-18-14(12-16)11-15-13-17(21(4,5)6)8-10-19(15)18;2*1-2-4-5-3-1;;;/h7-10,12H,11H2,1-6H3;1-4H2;1-3H,4H2;2*1H;/q-1;;-1;;;+2/p-2. The summed E-state index contributed by atoms with van der Waals surface area (Å²) in [4.78, 5) is 0. The van der Waals surface area contributed by atoms with Gasteiger partial charge in [0.15, 0.2) is 0 Å². The van der Waals surface area contributed by atoms with Gasteiger partial charge in [-0.1, -0.05) is 65.3 Å². The molecule has 34 heavy (non-hydrogen) atoms. The van der Waals surface area contributed by atoms with Crippen LogP contribution in [-0.2, 0) is 41.5 Å². The number of fused-ring (bicyclic) bond motifs is 3. The summed E-state index contributed by atoms with van der Waals surface area (Å²) in [6, 6.07) is 15.2. The third-order valence-electron chi connectivity index (χ3n) is 6.26. The first kappa shape index (κ1) is 31.3. The van der Waals surface area contributed by atoms with Gasteiger partial charge in [0, 0.05) is 0 Å². The molecule has 3 heteroatoms. The van der Waals surface area contributed by atoms with E-state index in [9.17, 15) is 0 Å². The monoisotopic (exact) mass is 570 g/mol. The van der Waals surface area contributed by atoms with Crippen LogP contribution in [0.15, 0.2) is 48.6 Å². The molecular formula is C31H38Cl2Zr-2. The van der Waals surface area contributed by atoms with Crippen LogP contribution in [0.1, 0.15) is 95.9 Å². The minimum atomic E-state index is 0. The Morgan fingerprint density at radius 1 is 0.824 bits per heavy atom. The van der Waals surface area contributed by atoms with E-state index in [0.29, 0.717) is 0 Å². The van der Waals surface area contributed by atoms with E-state index in [1.165, 1.54) is 59.1 Å². The van der Waals surface area contributed by atoms with Gasteiger partial charge >= 0.3 is 53.1 Å². The van der Waals surface area contributed by atoms with E-state index in [1.807, 2.05) is 12.2 Å². The Bertz CT molecular complexity index is 937. The fourth-order valence-corrected chi connectivity index (χ4v) is 5.04. The topological polar surface area (TPSA) is 0 Å². The molecule has 182 valence electrons. The normalized spacial score (nSPS) is 15.2. The molecule has 0 unspecified atom stereocenters. The number of rotatable bonds is 0. The van der Waals surface area contributed by atoms with Crippen LogP contribution in [0.3, 0.4) is 0 Å². The molecule has 0 nitrogen and oxygen atoms in total. The van der Waals surface area contributed by atoms with Gasteiger partial charge in [-0.3, -0.25) is 6.08 Å². The zero-order chi connectivity index (χ0) is 23.4. The van der Waals surface area contributed by atoms with E-state index < -0.39 is 0 Å². The average Bonchev–Trinajstić information content (AvgIpc) is 3.48. The molecule has 0 radical (unpaired) electrons. The Labute approximate surface area is 235 Å². The van der Waals surface area contributed by atoms with Gasteiger partial charge in [0.05, 0.1) is 0 Å². The number of allylic oxidation sites excluding steroid dienone is 4. The Morgan fingerprint density at radius 3 is 1.91 bits per heavy atom. The summed E-state index contributed by atoms with van der Waals surface area (Å²) < 4.78 is 1.79. The van der Waals surface area contributed by atoms with Crippen molar-refractivity contribution in [2.75, 3.05) is 0 Å². The van der Waals surface area contributed by atoms with Gasteiger partial charge in [-0.25, -0.2) is 12.2 Å². The van der Waals surface area contributed by atoms with Crippen LogP contribution in [0, 0.1) is 12.1 Å². The molecule has 0 aromatic heterocycles. The van der Waals surface area contributed by atoms with E-state index in [0.717, 1.165) is 12.8 Å². The SMILES string of the molecule is CC(C)(C)c1[c-]c2c(cc1)-c1ccc(C(C)(C)C)cc1C2.[C-]1=CC=CC1.[Cl-].[Cl-].[Zr+2]=[C]1CCCC1. The quantitative estimate of drug-likeness (QED) is 0.363. The summed E-state index contributed by atoms with van der Waals surface area (Å²) in [5.41, 5.74) is 8.70. The molecule has 0 heterocycles. The Balaban J connectivity index is 0.000000367. The van der Waals surface area contributed by atoms with Crippen LogP contribution < -0.4 is 24.8 Å². The van der Waals surface area contributed by atoms with E-state index in [1.54, 1.807) is 27.4 Å². The van der Waals surface area contributed by atoms with E-state index in [4.69, 9.17) is 0 Å². The molecule has 5 rings (SSSR count). The number of hydrogen-bond donors (Lipinski definition) is 0. The van der Waals surface area contributed by atoms with Gasteiger partial charge in [-0.05, 0) is 28.4 Å². The molecule has 0 amide bonds. The maximum absolute atomic E-state index is 3.67. The van der Waals surface area contributed by atoms with Crippen LogP contribution in [0.2, 0.25) is 0 Å². The number of benzene rings is 2. The van der Waals surface area contributed by atoms with Gasteiger partial charge in [0.1, 0.15) is 0 Å². The summed E-state index contributed by atoms with van der Waals surface area (Å²) in [6.45, 7) is 13.6. The first-order chi connectivity index (χ1) is 15.1. The minimum absolute atomic E-state index is 0. The Kier molecular flexibility index (Phi) is 12.4. The average molecular weight is 573 g/mol.